The van der Waals surface area contributed by atoms with Crippen LogP contribution in [0, 0.1) is 0 Å². The molecule has 6 heteroatoms. The number of carbonyl (C=O) groups is 1. The Morgan fingerprint density at radius 1 is 1.21 bits per heavy atom. The van der Waals surface area contributed by atoms with E-state index >= 15 is 0 Å². The second kappa shape index (κ2) is 7.61. The van der Waals surface area contributed by atoms with Crippen molar-refractivity contribution in [2.45, 2.75) is 19.1 Å². The summed E-state index contributed by atoms with van der Waals surface area (Å²) in [5, 5.41) is 16.9. The van der Waals surface area contributed by atoms with Gasteiger partial charge in [0.15, 0.2) is 5.76 Å². The number of nitrogens with zero attached hydrogens (tertiary/aromatic N) is 2. The number of amides is 1. The Morgan fingerprint density at radius 3 is 2.79 bits per heavy atom. The van der Waals surface area contributed by atoms with Gasteiger partial charge in [-0.2, -0.15) is 5.10 Å². The van der Waals surface area contributed by atoms with Gasteiger partial charge in [-0.1, -0.05) is 30.3 Å². The van der Waals surface area contributed by atoms with E-state index in [0.717, 1.165) is 5.56 Å². The van der Waals surface area contributed by atoms with E-state index in [1.54, 1.807) is 23.0 Å². The second-order valence-corrected chi connectivity index (χ2v) is 5.44. The molecule has 0 fully saturated rings. The van der Waals surface area contributed by atoms with Crippen molar-refractivity contribution in [1.82, 2.24) is 15.1 Å². The van der Waals surface area contributed by atoms with Gasteiger partial charge in [0.05, 0.1) is 12.6 Å². The highest BCUT2D eigenvalue weighted by atomic mass is 16.4. The quantitative estimate of drug-likeness (QED) is 0.699. The summed E-state index contributed by atoms with van der Waals surface area (Å²) in [4.78, 5) is 12.1. The number of furan rings is 1. The van der Waals surface area contributed by atoms with Crippen LogP contribution < -0.4 is 5.32 Å². The van der Waals surface area contributed by atoms with Crippen LogP contribution in [0.4, 0.5) is 0 Å². The Kier molecular flexibility index (Phi) is 5.08. The molecule has 1 unspecified atom stereocenters. The summed E-state index contributed by atoms with van der Waals surface area (Å²) in [6.07, 6.45) is 3.36. The molecule has 3 rings (SSSR count). The number of carbonyl (C=O) groups excluding carboxylic acids is 1. The van der Waals surface area contributed by atoms with Crippen LogP contribution in [0.3, 0.4) is 0 Å². The van der Waals surface area contributed by atoms with Gasteiger partial charge in [0, 0.05) is 18.9 Å². The van der Waals surface area contributed by atoms with E-state index in [2.05, 4.69) is 10.4 Å². The first-order valence-corrected chi connectivity index (χ1v) is 7.80. The first-order chi connectivity index (χ1) is 11.7. The molecule has 0 bridgehead atoms. The number of aromatic nitrogens is 2. The average molecular weight is 325 g/mol. The molecule has 1 aromatic carbocycles. The largest absolute Gasteiger partial charge is 0.454 e. The smallest absolute Gasteiger partial charge is 0.286 e. The Balaban J connectivity index is 1.48. The number of benzene rings is 1. The molecule has 1 atom stereocenters. The number of rotatable bonds is 7. The molecule has 6 nitrogen and oxygen atoms in total. The summed E-state index contributed by atoms with van der Waals surface area (Å²) >= 11 is 0. The number of nitrogens with one attached hydrogen (secondary N) is 1. The van der Waals surface area contributed by atoms with Gasteiger partial charge in [0.1, 0.15) is 5.76 Å². The van der Waals surface area contributed by atoms with Crippen LogP contribution in [0.1, 0.15) is 34.4 Å². The van der Waals surface area contributed by atoms with Crippen molar-refractivity contribution in [3.63, 3.8) is 0 Å². The maximum absolute atomic E-state index is 12.1. The van der Waals surface area contributed by atoms with E-state index in [1.165, 1.54) is 0 Å². The third-order valence-electron chi connectivity index (χ3n) is 3.65. The molecule has 3 aromatic rings. The minimum atomic E-state index is -0.599. The molecule has 2 aromatic heterocycles. The van der Waals surface area contributed by atoms with Crippen molar-refractivity contribution in [1.29, 1.82) is 0 Å². The lowest BCUT2D eigenvalue weighted by Crippen LogP contribution is -2.25. The van der Waals surface area contributed by atoms with Gasteiger partial charge in [-0.25, -0.2) is 0 Å². The zero-order chi connectivity index (χ0) is 16.8. The van der Waals surface area contributed by atoms with Crippen LogP contribution in [0.15, 0.2) is 65.3 Å². The van der Waals surface area contributed by atoms with Crippen LogP contribution in [-0.2, 0) is 6.54 Å². The minimum Gasteiger partial charge on any atom is -0.454 e. The fourth-order valence-corrected chi connectivity index (χ4v) is 2.39. The SMILES string of the molecule is O=C(NCCC(O)c1ccccc1)c1ccc(Cn2cccn2)o1. The van der Waals surface area contributed by atoms with Crippen molar-refractivity contribution >= 4 is 5.91 Å². The summed E-state index contributed by atoms with van der Waals surface area (Å²) in [6.45, 7) is 0.844. The van der Waals surface area contributed by atoms with Crippen molar-refractivity contribution < 1.29 is 14.3 Å². The maximum Gasteiger partial charge on any atom is 0.286 e. The van der Waals surface area contributed by atoms with Crippen LogP contribution in [0.2, 0.25) is 0 Å². The topological polar surface area (TPSA) is 80.3 Å². The van der Waals surface area contributed by atoms with Crippen molar-refractivity contribution in [3.8, 4) is 0 Å². The molecule has 2 N–H and O–H groups in total. The fourth-order valence-electron chi connectivity index (χ4n) is 2.39. The first-order valence-electron chi connectivity index (χ1n) is 7.80. The number of hydrogen-bond acceptors (Lipinski definition) is 4. The molecule has 0 aliphatic carbocycles. The Morgan fingerprint density at radius 2 is 2.04 bits per heavy atom. The van der Waals surface area contributed by atoms with Gasteiger partial charge in [-0.3, -0.25) is 9.48 Å². The van der Waals surface area contributed by atoms with E-state index in [1.807, 2.05) is 42.6 Å². The average Bonchev–Trinajstić information content (AvgIpc) is 3.28. The summed E-state index contributed by atoms with van der Waals surface area (Å²) < 4.78 is 7.24. The highest BCUT2D eigenvalue weighted by Crippen LogP contribution is 2.15. The Labute approximate surface area is 139 Å². The van der Waals surface area contributed by atoms with Crippen molar-refractivity contribution in [2.24, 2.45) is 0 Å². The third kappa shape index (κ3) is 4.11. The molecule has 0 saturated carbocycles. The van der Waals surface area contributed by atoms with E-state index in [9.17, 15) is 9.90 Å². The van der Waals surface area contributed by atoms with E-state index in [-0.39, 0.29) is 11.7 Å². The van der Waals surface area contributed by atoms with E-state index in [0.29, 0.717) is 25.3 Å². The summed E-state index contributed by atoms with van der Waals surface area (Å²) in [6, 6.07) is 14.6. The van der Waals surface area contributed by atoms with Gasteiger partial charge in [0.25, 0.3) is 5.91 Å². The molecule has 0 aliphatic rings. The first kappa shape index (κ1) is 16.0. The van der Waals surface area contributed by atoms with Gasteiger partial charge in [-0.05, 0) is 30.2 Å². The highest BCUT2D eigenvalue weighted by molar-refractivity contribution is 5.91. The van der Waals surface area contributed by atoms with Crippen LogP contribution in [0.25, 0.3) is 0 Å². The van der Waals surface area contributed by atoms with Gasteiger partial charge < -0.3 is 14.8 Å². The molecule has 124 valence electrons. The fraction of sp³-hybridized carbons (Fsp3) is 0.222. The molecule has 0 radical (unpaired) electrons. The third-order valence-corrected chi connectivity index (χ3v) is 3.65. The predicted octanol–water partition coefficient (Wildman–Crippen LogP) is 2.38. The maximum atomic E-state index is 12.1. The monoisotopic (exact) mass is 325 g/mol. The molecular formula is C18H19N3O3. The predicted molar refractivity (Wildman–Crippen MR) is 88.4 cm³/mol. The molecule has 2 heterocycles. The summed E-state index contributed by atoms with van der Waals surface area (Å²) in [5.74, 6) is 0.626. The lowest BCUT2D eigenvalue weighted by atomic mass is 10.1. The zero-order valence-electron chi connectivity index (χ0n) is 13.1. The second-order valence-electron chi connectivity index (χ2n) is 5.44. The minimum absolute atomic E-state index is 0.256. The molecule has 0 aliphatic heterocycles. The Bertz CT molecular complexity index is 766. The normalized spacial score (nSPS) is 12.0. The molecular weight excluding hydrogens is 306 g/mol. The molecule has 0 spiro atoms. The van der Waals surface area contributed by atoms with Gasteiger partial charge >= 0.3 is 0 Å². The number of aliphatic hydroxyl groups excluding tert-OH is 1. The molecule has 24 heavy (non-hydrogen) atoms. The van der Waals surface area contributed by atoms with Crippen molar-refractivity contribution in [3.05, 3.63) is 78.0 Å². The van der Waals surface area contributed by atoms with Crippen LogP contribution in [0.5, 0.6) is 0 Å². The Hall–Kier alpha value is -2.86. The van der Waals surface area contributed by atoms with Crippen LogP contribution in [-0.4, -0.2) is 27.3 Å². The molecule has 0 saturated heterocycles. The summed E-state index contributed by atoms with van der Waals surface area (Å²) in [7, 11) is 0. The van der Waals surface area contributed by atoms with Crippen molar-refractivity contribution in [2.75, 3.05) is 6.54 Å². The standard InChI is InChI=1S/C18H19N3O3/c22-16(14-5-2-1-3-6-14)9-11-19-18(23)17-8-7-15(24-17)13-21-12-4-10-20-21/h1-8,10,12,16,22H,9,11,13H2,(H,19,23). The number of hydrogen-bond donors (Lipinski definition) is 2. The van der Waals surface area contributed by atoms with Gasteiger partial charge in [0.2, 0.25) is 0 Å². The van der Waals surface area contributed by atoms with Crippen LogP contribution >= 0.6 is 0 Å². The molecule has 1 amide bonds. The lowest BCUT2D eigenvalue weighted by Gasteiger charge is -2.11. The highest BCUT2D eigenvalue weighted by Gasteiger charge is 2.12. The van der Waals surface area contributed by atoms with E-state index < -0.39 is 6.10 Å². The number of aliphatic hydroxyl groups is 1. The van der Waals surface area contributed by atoms with E-state index in [4.69, 9.17) is 4.42 Å². The van der Waals surface area contributed by atoms with Gasteiger partial charge in [-0.15, -0.1) is 0 Å². The lowest BCUT2D eigenvalue weighted by molar-refractivity contribution is 0.0913. The summed E-state index contributed by atoms with van der Waals surface area (Å²) in [5.41, 5.74) is 0.839. The zero-order valence-corrected chi connectivity index (χ0v) is 13.1.